The Kier molecular flexibility index (Phi) is 11.9. The highest BCUT2D eigenvalue weighted by Gasteiger charge is 2.52. The molecule has 1 aromatic heterocycles. The molecule has 0 aliphatic heterocycles. The minimum atomic E-state index is -7.22. The SMILES string of the molecule is Fc1c(F)c(F)c([B-](c2c(F)c(F)c(F)c(F)c2F)(c2c(F)c(F)c(F)c(F)c2F)c2c(F)c(F)c(F)c(F)c2F)c(F)c1F.Fc1ccccc1O[n+]1ccncc1. The van der Waals surface area contributed by atoms with Gasteiger partial charge in [-0.3, -0.25) is 4.98 Å². The van der Waals surface area contributed by atoms with Crippen molar-refractivity contribution in [3.8, 4) is 5.75 Å². The molecule has 6 rings (SSSR count). The number of para-hydroxylation sites is 1. The summed E-state index contributed by atoms with van der Waals surface area (Å²) in [6, 6.07) is 6.22. The van der Waals surface area contributed by atoms with Crippen LogP contribution in [-0.2, 0) is 0 Å². The first-order valence-corrected chi connectivity index (χ1v) is 15.0. The molecular weight excluding hydrogens is 862 g/mol. The summed E-state index contributed by atoms with van der Waals surface area (Å²) in [5.74, 6) is -71.6. The van der Waals surface area contributed by atoms with E-state index in [1.54, 1.807) is 43.0 Å². The molecule has 3 nitrogen and oxygen atoms in total. The fraction of sp³-hybridized carbons (Fsp3) is 0. The van der Waals surface area contributed by atoms with E-state index in [0.29, 0.717) is 0 Å². The van der Waals surface area contributed by atoms with Crippen LogP contribution in [0.15, 0.2) is 49.1 Å². The Balaban J connectivity index is 0.000000395. The summed E-state index contributed by atoms with van der Waals surface area (Å²) in [6.45, 7) is 0. The van der Waals surface area contributed by atoms with E-state index in [1.165, 1.54) is 10.8 Å². The average Bonchev–Trinajstić information content (AvgIpc) is 3.22. The molecule has 6 aromatic rings. The quantitative estimate of drug-likeness (QED) is 0.0583. The second-order valence-corrected chi connectivity index (χ2v) is 11.4. The standard InChI is InChI=1S/C24BF20.C10H8FN2O/c26-5-1(6(27)14(35)21(42)13(5)34)25(2-7(28)15(36)22(43)16(37)8(2)29,3-9(30)17(38)23(44)18(39)10(3)31)4-11(32)19(40)24(45)20(41)12(4)33;11-9-3-1-2-4-10(9)14-13-7-5-12-6-8-13/h;1-8H/q-1;+1. The van der Waals surface area contributed by atoms with Crippen LogP contribution < -0.4 is 31.4 Å². The summed E-state index contributed by atoms with van der Waals surface area (Å²) < 4.78 is 308. The maximum atomic E-state index is 15.4. The average molecular weight is 870 g/mol. The van der Waals surface area contributed by atoms with Gasteiger partial charge in [-0.05, 0) is 12.1 Å². The van der Waals surface area contributed by atoms with Crippen molar-refractivity contribution in [3.63, 3.8) is 0 Å². The molecule has 0 bridgehead atoms. The highest BCUT2D eigenvalue weighted by Crippen LogP contribution is 2.30. The minimum Gasteiger partial charge on any atom is -0.252 e. The monoisotopic (exact) mass is 870 g/mol. The van der Waals surface area contributed by atoms with Gasteiger partial charge >= 0.3 is 0 Å². The molecule has 59 heavy (non-hydrogen) atoms. The van der Waals surface area contributed by atoms with Crippen molar-refractivity contribution < 1.29 is 102 Å². The van der Waals surface area contributed by atoms with E-state index in [0.717, 1.165) is 0 Å². The maximum absolute atomic E-state index is 15.4. The Morgan fingerprint density at radius 1 is 0.339 bits per heavy atom. The first kappa shape index (κ1) is 43.7. The molecule has 0 aliphatic rings. The first-order valence-electron chi connectivity index (χ1n) is 15.0. The molecule has 310 valence electrons. The van der Waals surface area contributed by atoms with Gasteiger partial charge < -0.3 is 0 Å². The third-order valence-electron chi connectivity index (χ3n) is 8.35. The van der Waals surface area contributed by atoms with Crippen molar-refractivity contribution in [1.29, 1.82) is 0 Å². The van der Waals surface area contributed by atoms with Crippen molar-refractivity contribution in [1.82, 2.24) is 4.98 Å². The van der Waals surface area contributed by atoms with Gasteiger partial charge in [-0.2, -0.15) is 0 Å². The number of benzene rings is 5. The van der Waals surface area contributed by atoms with Crippen molar-refractivity contribution in [3.05, 3.63) is 171 Å². The lowest BCUT2D eigenvalue weighted by Crippen LogP contribution is -2.81. The smallest absolute Gasteiger partial charge is 0.241 e. The van der Waals surface area contributed by atoms with Gasteiger partial charge in [0.1, 0.15) is 52.7 Å². The summed E-state index contributed by atoms with van der Waals surface area (Å²) in [5.41, 5.74) is -14.3. The Bertz CT molecular complexity index is 2280. The molecular formula is C34H8BF21N2O. The summed E-state index contributed by atoms with van der Waals surface area (Å²) in [6.07, 6.45) is -0.925. The lowest BCUT2D eigenvalue weighted by Gasteiger charge is -2.44. The zero-order valence-corrected chi connectivity index (χ0v) is 27.4. The Labute approximate surface area is 312 Å². The second kappa shape index (κ2) is 16.1. The van der Waals surface area contributed by atoms with Crippen LogP contribution in [0, 0.1) is 122 Å². The molecule has 0 unspecified atom stereocenters. The van der Waals surface area contributed by atoms with Gasteiger partial charge in [0.05, 0.1) is 12.4 Å². The predicted octanol–water partition coefficient (Wildman–Crippen LogP) is 7.20. The van der Waals surface area contributed by atoms with E-state index in [-0.39, 0.29) is 5.75 Å². The van der Waals surface area contributed by atoms with Crippen molar-refractivity contribution in [2.45, 2.75) is 0 Å². The molecule has 0 spiro atoms. The molecule has 0 atom stereocenters. The fourth-order valence-electron chi connectivity index (χ4n) is 5.88. The Hall–Kier alpha value is -6.43. The van der Waals surface area contributed by atoms with Gasteiger partial charge in [-0.25, -0.2) is 97.0 Å². The highest BCUT2D eigenvalue weighted by molar-refractivity contribution is 7.20. The normalized spacial score (nSPS) is 11.5. The van der Waals surface area contributed by atoms with E-state index in [2.05, 4.69) is 4.98 Å². The van der Waals surface area contributed by atoms with Crippen LogP contribution in [0.5, 0.6) is 5.75 Å². The number of nitrogens with zero attached hydrogens (tertiary/aromatic N) is 2. The third kappa shape index (κ3) is 6.80. The maximum Gasteiger partial charge on any atom is 0.241 e. The van der Waals surface area contributed by atoms with Gasteiger partial charge in [-0.1, -0.05) is 12.1 Å². The van der Waals surface area contributed by atoms with Gasteiger partial charge in [0.2, 0.25) is 18.1 Å². The summed E-state index contributed by atoms with van der Waals surface area (Å²) in [4.78, 5) is 9.03. The molecule has 0 fully saturated rings. The zero-order chi connectivity index (χ0) is 44.2. The number of halogens is 21. The number of rotatable bonds is 6. The molecule has 0 amide bonds. The summed E-state index contributed by atoms with van der Waals surface area (Å²) >= 11 is 0. The molecule has 25 heteroatoms. The molecule has 0 aliphatic carbocycles. The molecule has 1 heterocycles. The lowest BCUT2D eigenvalue weighted by molar-refractivity contribution is -0.875. The summed E-state index contributed by atoms with van der Waals surface area (Å²) in [5, 5.41) is 0. The predicted molar refractivity (Wildman–Crippen MR) is 156 cm³/mol. The highest BCUT2D eigenvalue weighted by atomic mass is 19.2. The van der Waals surface area contributed by atoms with Crippen molar-refractivity contribution in [2.24, 2.45) is 0 Å². The van der Waals surface area contributed by atoms with Crippen molar-refractivity contribution in [2.75, 3.05) is 0 Å². The van der Waals surface area contributed by atoms with Gasteiger partial charge in [0.25, 0.3) is 0 Å². The van der Waals surface area contributed by atoms with E-state index in [4.69, 9.17) is 4.84 Å². The van der Waals surface area contributed by atoms with Crippen LogP contribution in [-0.4, -0.2) is 11.1 Å². The van der Waals surface area contributed by atoms with Crippen LogP contribution >= 0.6 is 0 Å². The van der Waals surface area contributed by atoms with Crippen LogP contribution in [0.1, 0.15) is 0 Å². The van der Waals surface area contributed by atoms with Crippen LogP contribution in [0.25, 0.3) is 0 Å². The van der Waals surface area contributed by atoms with E-state index < -0.39 is 150 Å². The zero-order valence-electron chi connectivity index (χ0n) is 27.4. The molecule has 0 saturated heterocycles. The Morgan fingerprint density at radius 2 is 0.576 bits per heavy atom. The third-order valence-corrected chi connectivity index (χ3v) is 8.35. The molecule has 0 saturated carbocycles. The molecule has 0 N–H and O–H groups in total. The van der Waals surface area contributed by atoms with Crippen LogP contribution in [0.4, 0.5) is 92.2 Å². The molecule has 5 aromatic carbocycles. The molecule has 0 radical (unpaired) electrons. The van der Waals surface area contributed by atoms with Crippen LogP contribution in [0.3, 0.4) is 0 Å². The van der Waals surface area contributed by atoms with E-state index in [1.807, 2.05) is 0 Å². The van der Waals surface area contributed by atoms with Crippen LogP contribution in [0.2, 0.25) is 0 Å². The second-order valence-electron chi connectivity index (χ2n) is 11.4. The largest absolute Gasteiger partial charge is 0.252 e. The van der Waals surface area contributed by atoms with Gasteiger partial charge in [0, 0.05) is 4.73 Å². The number of aromatic nitrogens is 2. The van der Waals surface area contributed by atoms with Crippen molar-refractivity contribution >= 4 is 28.0 Å². The van der Waals surface area contributed by atoms with E-state index in [9.17, 15) is 57.1 Å². The Morgan fingerprint density at radius 3 is 0.831 bits per heavy atom. The van der Waals surface area contributed by atoms with Gasteiger partial charge in [-0.15, -0.1) is 21.9 Å². The first-order chi connectivity index (χ1) is 27.6. The summed E-state index contributed by atoms with van der Waals surface area (Å²) in [7, 11) is 0. The number of hydrogen-bond donors (Lipinski definition) is 0. The lowest BCUT2D eigenvalue weighted by atomic mass is 9.12. The topological polar surface area (TPSA) is 26.0 Å². The van der Waals surface area contributed by atoms with E-state index >= 15 is 35.1 Å². The number of hydrogen-bond acceptors (Lipinski definition) is 2. The van der Waals surface area contributed by atoms with Gasteiger partial charge in [0.15, 0.2) is 75.6 Å². The minimum absolute atomic E-state index is 0.184. The fourth-order valence-corrected chi connectivity index (χ4v) is 5.88.